The number of aromatic nitrogens is 1. The fourth-order valence-electron chi connectivity index (χ4n) is 4.30. The van der Waals surface area contributed by atoms with Crippen LogP contribution in [0.2, 0.25) is 0 Å². The second-order valence-electron chi connectivity index (χ2n) is 7.72. The van der Waals surface area contributed by atoms with Crippen molar-refractivity contribution in [1.82, 2.24) is 4.98 Å². The first kappa shape index (κ1) is 17.5. The fourth-order valence-corrected chi connectivity index (χ4v) is 4.30. The van der Waals surface area contributed by atoms with Crippen LogP contribution in [-0.2, 0) is 0 Å². The van der Waals surface area contributed by atoms with Gasteiger partial charge in [0.1, 0.15) is 0 Å². The first-order valence-electron chi connectivity index (χ1n) is 9.69. The number of hydrogen-bond acceptors (Lipinski definition) is 2. The van der Waals surface area contributed by atoms with E-state index < -0.39 is 0 Å². The highest BCUT2D eigenvalue weighted by Gasteiger charge is 2.31. The summed E-state index contributed by atoms with van der Waals surface area (Å²) < 4.78 is 0. The lowest BCUT2D eigenvalue weighted by atomic mass is 9.71. The molecule has 4 rings (SSSR count). The predicted octanol–water partition coefficient (Wildman–Crippen LogP) is 6.18. The van der Waals surface area contributed by atoms with E-state index in [2.05, 4.69) is 55.3 Å². The molecular formula is C25H24N2. The SMILES string of the molecule is C[C@H]1[C@H](/C=C/c2ccc(-c3ccccc3C#N)cn2)C2=C(CC=C2)C[C@@H]1C. The third kappa shape index (κ3) is 3.38. The van der Waals surface area contributed by atoms with Crippen molar-refractivity contribution in [2.45, 2.75) is 26.7 Å². The first-order chi connectivity index (χ1) is 13.2. The Hall–Kier alpha value is -2.92. The highest BCUT2D eigenvalue weighted by molar-refractivity contribution is 5.70. The lowest BCUT2D eigenvalue weighted by molar-refractivity contribution is 0.310. The van der Waals surface area contributed by atoms with Gasteiger partial charge in [0.25, 0.3) is 0 Å². The Balaban J connectivity index is 1.57. The van der Waals surface area contributed by atoms with E-state index in [-0.39, 0.29) is 0 Å². The topological polar surface area (TPSA) is 36.7 Å². The summed E-state index contributed by atoms with van der Waals surface area (Å²) in [7, 11) is 0. The maximum atomic E-state index is 9.29. The molecule has 1 heterocycles. The third-order valence-corrected chi connectivity index (χ3v) is 6.08. The Morgan fingerprint density at radius 1 is 1.15 bits per heavy atom. The summed E-state index contributed by atoms with van der Waals surface area (Å²) in [6.45, 7) is 4.73. The maximum Gasteiger partial charge on any atom is 0.0998 e. The Morgan fingerprint density at radius 3 is 2.78 bits per heavy atom. The third-order valence-electron chi connectivity index (χ3n) is 6.08. The number of pyridine rings is 1. The molecule has 0 amide bonds. The largest absolute Gasteiger partial charge is 0.256 e. The van der Waals surface area contributed by atoms with Gasteiger partial charge in [-0.25, -0.2) is 0 Å². The van der Waals surface area contributed by atoms with Crippen LogP contribution in [0.4, 0.5) is 0 Å². The van der Waals surface area contributed by atoms with E-state index in [9.17, 15) is 5.26 Å². The molecule has 0 saturated carbocycles. The van der Waals surface area contributed by atoms with Crippen molar-refractivity contribution in [3.63, 3.8) is 0 Å². The molecule has 0 aliphatic heterocycles. The van der Waals surface area contributed by atoms with E-state index in [4.69, 9.17) is 0 Å². The minimum Gasteiger partial charge on any atom is -0.256 e. The van der Waals surface area contributed by atoms with Crippen LogP contribution in [0.5, 0.6) is 0 Å². The molecule has 1 aromatic carbocycles. The van der Waals surface area contributed by atoms with E-state index in [0.717, 1.165) is 29.2 Å². The summed E-state index contributed by atoms with van der Waals surface area (Å²) in [6.07, 6.45) is 13.3. The molecule has 1 aromatic heterocycles. The number of nitriles is 1. The van der Waals surface area contributed by atoms with Gasteiger partial charge in [-0.05, 0) is 48.5 Å². The number of rotatable bonds is 3. The highest BCUT2D eigenvalue weighted by Crippen LogP contribution is 2.43. The van der Waals surface area contributed by atoms with Crippen LogP contribution in [0.25, 0.3) is 17.2 Å². The van der Waals surface area contributed by atoms with Gasteiger partial charge in [-0.15, -0.1) is 0 Å². The summed E-state index contributed by atoms with van der Waals surface area (Å²) in [5.41, 5.74) is 6.70. The number of allylic oxidation sites excluding steroid dienone is 5. The minimum atomic E-state index is 0.475. The van der Waals surface area contributed by atoms with Crippen molar-refractivity contribution >= 4 is 6.08 Å². The van der Waals surface area contributed by atoms with E-state index in [1.165, 1.54) is 12.0 Å². The molecule has 2 heteroatoms. The molecule has 0 saturated heterocycles. The molecule has 0 bridgehead atoms. The molecule has 3 atom stereocenters. The molecule has 0 fully saturated rings. The zero-order chi connectivity index (χ0) is 18.8. The van der Waals surface area contributed by atoms with Crippen LogP contribution in [0.15, 0.2) is 72.0 Å². The second-order valence-corrected chi connectivity index (χ2v) is 7.72. The Bertz CT molecular complexity index is 970. The molecule has 0 spiro atoms. The van der Waals surface area contributed by atoms with Crippen LogP contribution in [0.1, 0.15) is 37.9 Å². The van der Waals surface area contributed by atoms with Crippen molar-refractivity contribution < 1.29 is 0 Å². The average molecular weight is 352 g/mol. The highest BCUT2D eigenvalue weighted by atomic mass is 14.7. The quantitative estimate of drug-likeness (QED) is 0.661. The van der Waals surface area contributed by atoms with Gasteiger partial charge < -0.3 is 0 Å². The van der Waals surface area contributed by atoms with Crippen molar-refractivity contribution in [3.05, 3.63) is 83.2 Å². The van der Waals surface area contributed by atoms with Crippen LogP contribution < -0.4 is 0 Å². The minimum absolute atomic E-state index is 0.475. The number of benzene rings is 1. The van der Waals surface area contributed by atoms with E-state index >= 15 is 0 Å². The van der Waals surface area contributed by atoms with Crippen molar-refractivity contribution in [2.75, 3.05) is 0 Å². The average Bonchev–Trinajstić information content (AvgIpc) is 3.16. The standard InChI is InChI=1S/C25H24N2/c1-17-14-19-7-5-9-25(19)23(18(17)2)13-12-22-11-10-21(16-27-22)24-8-4-3-6-20(24)15-26/h3-6,8-13,16-18,23H,7,14H2,1-2H3/b13-12+/t17-,18+,23-/m0/s1. The zero-order valence-corrected chi connectivity index (χ0v) is 15.9. The van der Waals surface area contributed by atoms with Gasteiger partial charge in [0.2, 0.25) is 0 Å². The van der Waals surface area contributed by atoms with E-state index in [0.29, 0.717) is 17.4 Å². The van der Waals surface area contributed by atoms with Crippen LogP contribution in [0, 0.1) is 29.1 Å². The molecule has 2 aliphatic carbocycles. The van der Waals surface area contributed by atoms with Crippen molar-refractivity contribution in [3.8, 4) is 17.2 Å². The van der Waals surface area contributed by atoms with Gasteiger partial charge in [-0.1, -0.05) is 61.9 Å². The van der Waals surface area contributed by atoms with Gasteiger partial charge >= 0.3 is 0 Å². The number of hydrogen-bond donors (Lipinski definition) is 0. The zero-order valence-electron chi connectivity index (χ0n) is 15.9. The number of nitrogens with zero attached hydrogens (tertiary/aromatic N) is 2. The Kier molecular flexibility index (Phi) is 4.77. The van der Waals surface area contributed by atoms with Crippen molar-refractivity contribution in [2.24, 2.45) is 17.8 Å². The maximum absolute atomic E-state index is 9.29. The van der Waals surface area contributed by atoms with Crippen LogP contribution >= 0.6 is 0 Å². The molecule has 2 nitrogen and oxygen atoms in total. The van der Waals surface area contributed by atoms with Gasteiger partial charge in [0.05, 0.1) is 17.3 Å². The van der Waals surface area contributed by atoms with Crippen LogP contribution in [-0.4, -0.2) is 4.98 Å². The molecule has 0 unspecified atom stereocenters. The monoisotopic (exact) mass is 352 g/mol. The predicted molar refractivity (Wildman–Crippen MR) is 111 cm³/mol. The molecule has 2 aromatic rings. The van der Waals surface area contributed by atoms with E-state index in [1.54, 1.807) is 5.57 Å². The van der Waals surface area contributed by atoms with Gasteiger partial charge in [-0.3, -0.25) is 4.98 Å². The summed E-state index contributed by atoms with van der Waals surface area (Å²) in [5.74, 6) is 1.84. The lowest BCUT2D eigenvalue weighted by Crippen LogP contribution is -2.24. The molecule has 27 heavy (non-hydrogen) atoms. The molecule has 0 radical (unpaired) electrons. The summed E-state index contributed by atoms with van der Waals surface area (Å²) in [4.78, 5) is 4.61. The molecule has 134 valence electrons. The molecule has 2 aliphatic rings. The smallest absolute Gasteiger partial charge is 0.0998 e. The second kappa shape index (κ2) is 7.37. The van der Waals surface area contributed by atoms with Gasteiger partial charge in [0.15, 0.2) is 0 Å². The Labute approximate surface area is 161 Å². The van der Waals surface area contributed by atoms with Crippen LogP contribution in [0.3, 0.4) is 0 Å². The van der Waals surface area contributed by atoms with Crippen molar-refractivity contribution in [1.29, 1.82) is 5.26 Å². The van der Waals surface area contributed by atoms with Gasteiger partial charge in [-0.2, -0.15) is 5.26 Å². The summed E-state index contributed by atoms with van der Waals surface area (Å²) in [6, 6.07) is 14.0. The molecular weight excluding hydrogens is 328 g/mol. The fraction of sp³-hybridized carbons (Fsp3) is 0.280. The first-order valence-corrected chi connectivity index (χ1v) is 9.69. The lowest BCUT2D eigenvalue weighted by Gasteiger charge is -2.34. The van der Waals surface area contributed by atoms with E-state index in [1.807, 2.05) is 36.5 Å². The summed E-state index contributed by atoms with van der Waals surface area (Å²) >= 11 is 0. The normalized spacial score (nSPS) is 24.3. The summed E-state index contributed by atoms with van der Waals surface area (Å²) in [5, 5.41) is 9.29. The Morgan fingerprint density at radius 2 is 2.00 bits per heavy atom. The molecule has 0 N–H and O–H groups in total. The van der Waals surface area contributed by atoms with Gasteiger partial charge in [0, 0.05) is 23.2 Å².